The highest BCUT2D eigenvalue weighted by atomic mass is 32.2. The average molecular weight is 301 g/mol. The summed E-state index contributed by atoms with van der Waals surface area (Å²) in [6, 6.07) is -1.08. The van der Waals surface area contributed by atoms with Crippen LogP contribution in [-0.2, 0) is 9.59 Å². The number of hydrogen-bond acceptors (Lipinski definition) is 4. The predicted octanol–water partition coefficient (Wildman–Crippen LogP) is 0.152. The van der Waals surface area contributed by atoms with E-state index < -0.39 is 17.9 Å². The summed E-state index contributed by atoms with van der Waals surface area (Å²) in [5.74, 6) is -1.30. The molecule has 0 spiro atoms. The van der Waals surface area contributed by atoms with Crippen LogP contribution in [0.15, 0.2) is 0 Å². The Morgan fingerprint density at radius 3 is 2.60 bits per heavy atom. The first-order valence-corrected chi connectivity index (χ1v) is 7.71. The van der Waals surface area contributed by atoms with Gasteiger partial charge in [-0.25, -0.2) is 9.59 Å². The van der Waals surface area contributed by atoms with Crippen LogP contribution in [-0.4, -0.2) is 63.1 Å². The van der Waals surface area contributed by atoms with Crippen LogP contribution < -0.4 is 5.73 Å². The number of primary amides is 1. The molecule has 0 bridgehead atoms. The normalized spacial score (nSPS) is 29.8. The summed E-state index contributed by atoms with van der Waals surface area (Å²) < 4.78 is 0. The van der Waals surface area contributed by atoms with Gasteiger partial charge in [-0.15, -0.1) is 11.8 Å². The van der Waals surface area contributed by atoms with Gasteiger partial charge in [0.2, 0.25) is 5.91 Å². The first-order chi connectivity index (χ1) is 9.45. The molecule has 112 valence electrons. The molecular weight excluding hydrogens is 282 g/mol. The van der Waals surface area contributed by atoms with E-state index >= 15 is 0 Å². The molecule has 0 aromatic rings. The van der Waals surface area contributed by atoms with Crippen LogP contribution in [0.5, 0.6) is 0 Å². The fourth-order valence-electron chi connectivity index (χ4n) is 2.65. The average Bonchev–Trinajstić information content (AvgIpc) is 3.04. The van der Waals surface area contributed by atoms with Gasteiger partial charge in [0.15, 0.2) is 0 Å². The lowest BCUT2D eigenvalue weighted by Crippen LogP contribution is -2.51. The number of likely N-dealkylation sites (tertiary alicyclic amines) is 1. The standard InChI is InChI=1S/C12H19N3O4S/c1-2-9-15(8(6-20-9)11(17)18)12(19)14-4-3-7(5-14)10(13)16/h7-9H,2-6H2,1H3,(H2,13,16)(H,17,18). The van der Waals surface area contributed by atoms with Gasteiger partial charge in [0, 0.05) is 18.8 Å². The number of carboxylic acids is 1. The van der Waals surface area contributed by atoms with Gasteiger partial charge in [0.25, 0.3) is 0 Å². The van der Waals surface area contributed by atoms with Gasteiger partial charge in [-0.1, -0.05) is 6.92 Å². The molecular formula is C12H19N3O4S. The highest BCUT2D eigenvalue weighted by molar-refractivity contribution is 8.00. The molecule has 2 fully saturated rings. The van der Waals surface area contributed by atoms with Crippen LogP contribution in [0.25, 0.3) is 0 Å². The Bertz CT molecular complexity index is 431. The molecule has 0 saturated carbocycles. The number of urea groups is 1. The molecule has 2 rings (SSSR count). The van der Waals surface area contributed by atoms with Crippen LogP contribution in [0, 0.1) is 5.92 Å². The summed E-state index contributed by atoms with van der Waals surface area (Å²) in [5, 5.41) is 9.11. The van der Waals surface area contributed by atoms with Crippen molar-refractivity contribution in [3.8, 4) is 0 Å². The lowest BCUT2D eigenvalue weighted by atomic mass is 10.1. The van der Waals surface area contributed by atoms with E-state index in [0.29, 0.717) is 25.1 Å². The SMILES string of the molecule is CCC1SCC(C(=O)O)N1C(=O)N1CCC(C(N)=O)C1. The fraction of sp³-hybridized carbons (Fsp3) is 0.750. The minimum atomic E-state index is -0.979. The van der Waals surface area contributed by atoms with E-state index in [1.54, 1.807) is 4.90 Å². The quantitative estimate of drug-likeness (QED) is 0.772. The minimum absolute atomic E-state index is 0.115. The number of carboxylic acid groups (broad SMARTS) is 1. The lowest BCUT2D eigenvalue weighted by molar-refractivity contribution is -0.141. The zero-order valence-corrected chi connectivity index (χ0v) is 12.1. The summed E-state index contributed by atoms with van der Waals surface area (Å²) in [6.45, 7) is 2.67. The second-order valence-electron chi connectivity index (χ2n) is 5.07. The molecule has 2 aliphatic heterocycles. The molecule has 3 N–H and O–H groups in total. The molecule has 7 nitrogen and oxygen atoms in total. The largest absolute Gasteiger partial charge is 0.480 e. The zero-order chi connectivity index (χ0) is 14.9. The molecule has 3 atom stereocenters. The second kappa shape index (κ2) is 5.90. The van der Waals surface area contributed by atoms with Gasteiger partial charge < -0.3 is 15.7 Å². The molecule has 0 radical (unpaired) electrons. The molecule has 3 unspecified atom stereocenters. The molecule has 3 amide bonds. The third kappa shape index (κ3) is 2.70. The third-order valence-electron chi connectivity index (χ3n) is 3.81. The Balaban J connectivity index is 2.10. The second-order valence-corrected chi connectivity index (χ2v) is 6.28. The number of nitrogens with two attached hydrogens (primary N) is 1. The summed E-state index contributed by atoms with van der Waals surface area (Å²) in [7, 11) is 0. The van der Waals surface area contributed by atoms with E-state index in [1.165, 1.54) is 16.7 Å². The Morgan fingerprint density at radius 1 is 1.40 bits per heavy atom. The van der Waals surface area contributed by atoms with Crippen LogP contribution in [0.1, 0.15) is 19.8 Å². The molecule has 2 heterocycles. The van der Waals surface area contributed by atoms with Crippen LogP contribution in [0.3, 0.4) is 0 Å². The molecule has 0 aromatic carbocycles. The summed E-state index contributed by atoms with van der Waals surface area (Å²) in [6.07, 6.45) is 1.25. The number of rotatable bonds is 3. The highest BCUT2D eigenvalue weighted by Crippen LogP contribution is 2.33. The zero-order valence-electron chi connectivity index (χ0n) is 11.3. The monoisotopic (exact) mass is 301 g/mol. The van der Waals surface area contributed by atoms with Crippen molar-refractivity contribution in [2.24, 2.45) is 11.7 Å². The fourth-order valence-corrected chi connectivity index (χ4v) is 4.00. The van der Waals surface area contributed by atoms with E-state index in [1.807, 2.05) is 6.92 Å². The van der Waals surface area contributed by atoms with Gasteiger partial charge >= 0.3 is 12.0 Å². The molecule has 2 saturated heterocycles. The first-order valence-electron chi connectivity index (χ1n) is 6.66. The Morgan fingerprint density at radius 2 is 2.10 bits per heavy atom. The van der Waals surface area contributed by atoms with E-state index in [-0.39, 0.29) is 23.9 Å². The van der Waals surface area contributed by atoms with Gasteiger partial charge in [0.05, 0.1) is 11.3 Å². The number of carbonyl (C=O) groups is 3. The number of carbonyl (C=O) groups excluding carboxylic acids is 2. The van der Waals surface area contributed by atoms with Crippen LogP contribution in [0.2, 0.25) is 0 Å². The van der Waals surface area contributed by atoms with E-state index in [4.69, 9.17) is 5.73 Å². The molecule has 8 heteroatoms. The maximum atomic E-state index is 12.5. The maximum Gasteiger partial charge on any atom is 0.327 e. The van der Waals surface area contributed by atoms with Crippen molar-refractivity contribution in [3.05, 3.63) is 0 Å². The number of hydrogen-bond donors (Lipinski definition) is 2. The number of amides is 3. The number of aliphatic carboxylic acids is 1. The molecule has 2 aliphatic rings. The Hall–Kier alpha value is -1.44. The van der Waals surface area contributed by atoms with Gasteiger partial charge in [-0.2, -0.15) is 0 Å². The van der Waals surface area contributed by atoms with E-state index in [9.17, 15) is 19.5 Å². The number of nitrogens with zero attached hydrogens (tertiary/aromatic N) is 2. The van der Waals surface area contributed by atoms with Crippen molar-refractivity contribution >= 4 is 29.7 Å². The van der Waals surface area contributed by atoms with Crippen molar-refractivity contribution in [2.45, 2.75) is 31.2 Å². The van der Waals surface area contributed by atoms with Crippen LogP contribution >= 0.6 is 11.8 Å². The van der Waals surface area contributed by atoms with Crippen molar-refractivity contribution < 1.29 is 19.5 Å². The van der Waals surface area contributed by atoms with Crippen molar-refractivity contribution in [1.29, 1.82) is 0 Å². The molecule has 20 heavy (non-hydrogen) atoms. The van der Waals surface area contributed by atoms with Gasteiger partial charge in [-0.3, -0.25) is 9.69 Å². The predicted molar refractivity (Wildman–Crippen MR) is 74.1 cm³/mol. The van der Waals surface area contributed by atoms with Crippen molar-refractivity contribution in [1.82, 2.24) is 9.80 Å². The number of thioether (sulfide) groups is 1. The van der Waals surface area contributed by atoms with E-state index in [2.05, 4.69) is 0 Å². The summed E-state index contributed by atoms with van der Waals surface area (Å²) >= 11 is 1.49. The Kier molecular flexibility index (Phi) is 4.42. The van der Waals surface area contributed by atoms with E-state index in [0.717, 1.165) is 0 Å². The molecule has 0 aliphatic carbocycles. The topological polar surface area (TPSA) is 104 Å². The summed E-state index contributed by atoms with van der Waals surface area (Å²) in [5.41, 5.74) is 5.25. The first kappa shape index (κ1) is 15.0. The van der Waals surface area contributed by atoms with Gasteiger partial charge in [-0.05, 0) is 12.8 Å². The Labute approximate surface area is 121 Å². The third-order valence-corrected chi connectivity index (χ3v) is 5.26. The molecule has 0 aromatic heterocycles. The smallest absolute Gasteiger partial charge is 0.327 e. The lowest BCUT2D eigenvalue weighted by Gasteiger charge is -2.31. The van der Waals surface area contributed by atoms with Crippen LogP contribution in [0.4, 0.5) is 4.79 Å². The summed E-state index contributed by atoms with van der Waals surface area (Å²) in [4.78, 5) is 37.9. The minimum Gasteiger partial charge on any atom is -0.480 e. The maximum absolute atomic E-state index is 12.5. The van der Waals surface area contributed by atoms with Gasteiger partial charge in [0.1, 0.15) is 6.04 Å². The van der Waals surface area contributed by atoms with Crippen molar-refractivity contribution in [3.63, 3.8) is 0 Å². The highest BCUT2D eigenvalue weighted by Gasteiger charge is 2.44. The van der Waals surface area contributed by atoms with Crippen molar-refractivity contribution in [2.75, 3.05) is 18.8 Å².